The second-order valence-electron chi connectivity index (χ2n) is 13.1. The summed E-state index contributed by atoms with van der Waals surface area (Å²) in [6, 6.07) is 20.2. The largest absolute Gasteiger partial charge is 0.490 e. The highest BCUT2D eigenvalue weighted by Crippen LogP contribution is 2.43. The molecule has 22 heteroatoms. The van der Waals surface area contributed by atoms with Crippen molar-refractivity contribution in [3.8, 4) is 23.0 Å². The number of benzene rings is 4. The van der Waals surface area contributed by atoms with E-state index in [0.29, 0.717) is 58.9 Å². The minimum Gasteiger partial charge on any atom is -0.490 e. The molecule has 2 N–H and O–H groups in total. The monoisotopic (exact) mass is 1000 g/mol. The average Bonchev–Trinajstić information content (AvgIpc) is 3.20. The fraction of sp³-hybridized carbons (Fsp3) is 0.333. The number of nitrogens with zero attached hydrogens (tertiary/aromatic N) is 2. The van der Waals surface area contributed by atoms with E-state index in [9.17, 15) is 26.4 Å². The van der Waals surface area contributed by atoms with Crippen LogP contribution in [0.4, 0.5) is 22.7 Å². The van der Waals surface area contributed by atoms with Gasteiger partial charge >= 0.3 is 0 Å². The van der Waals surface area contributed by atoms with E-state index in [-0.39, 0.29) is 64.7 Å². The third-order valence-corrected chi connectivity index (χ3v) is 11.1. The van der Waals surface area contributed by atoms with Gasteiger partial charge in [-0.1, -0.05) is 46.4 Å². The highest BCUT2D eigenvalue weighted by Gasteiger charge is 2.23. The van der Waals surface area contributed by atoms with Gasteiger partial charge in [-0.15, -0.1) is 23.2 Å². The number of hydrogen-bond donors (Lipinski definition) is 2. The molecule has 0 aliphatic heterocycles. The summed E-state index contributed by atoms with van der Waals surface area (Å²) >= 11 is 38.8. The molecule has 61 heavy (non-hydrogen) atoms. The van der Waals surface area contributed by atoms with Crippen LogP contribution >= 0.6 is 69.6 Å². The van der Waals surface area contributed by atoms with Crippen LogP contribution in [0.2, 0.25) is 20.1 Å². The SMILES string of the molecule is CS(=O)(=O)NCC(=O)COc1ccc(N(CN(c2ccc(OCC(=O)CNS(C)(=O)=O)cc2)c2cc(Cl)c(OCCCCl)c(Cl)c2)c2cc(Cl)c(OCCCCl)c(Cl)c2)cc1. The van der Waals surface area contributed by atoms with E-state index >= 15 is 0 Å². The number of Topliss-reactive ketones (excluding diaryl/α,β-unsaturated/α-hetero) is 2. The van der Waals surface area contributed by atoms with E-state index in [1.54, 1.807) is 72.8 Å². The molecular weight excluding hydrogens is 961 g/mol. The number of hydrogen-bond acceptors (Lipinski definition) is 12. The first-order valence-electron chi connectivity index (χ1n) is 18.2. The number of halogens is 6. The van der Waals surface area contributed by atoms with Crippen molar-refractivity contribution in [2.24, 2.45) is 0 Å². The number of carbonyl (C=O) groups excluding carboxylic acids is 2. The molecule has 0 heterocycles. The van der Waals surface area contributed by atoms with E-state index in [2.05, 4.69) is 9.44 Å². The average molecular weight is 1000 g/mol. The van der Waals surface area contributed by atoms with E-state index < -0.39 is 44.7 Å². The van der Waals surface area contributed by atoms with Gasteiger partial charge in [-0.05, 0) is 85.6 Å². The Morgan fingerprint density at radius 2 is 0.869 bits per heavy atom. The highest BCUT2D eigenvalue weighted by atomic mass is 35.5. The number of nitrogens with one attached hydrogen (secondary N) is 2. The topological polar surface area (TPSA) is 170 Å². The lowest BCUT2D eigenvalue weighted by Crippen LogP contribution is -2.32. The summed E-state index contributed by atoms with van der Waals surface area (Å²) in [5.41, 5.74) is 2.26. The third kappa shape index (κ3) is 16.7. The van der Waals surface area contributed by atoms with E-state index in [1.165, 1.54) is 0 Å². The number of rotatable bonds is 26. The normalized spacial score (nSPS) is 11.5. The predicted octanol–water partition coefficient (Wildman–Crippen LogP) is 8.24. The summed E-state index contributed by atoms with van der Waals surface area (Å²) in [5.74, 6) is 1.01. The van der Waals surface area contributed by atoms with Crippen LogP contribution in [0.25, 0.3) is 0 Å². The molecule has 0 fully saturated rings. The van der Waals surface area contributed by atoms with Crippen LogP contribution < -0.4 is 38.2 Å². The molecule has 4 rings (SSSR count). The maximum Gasteiger partial charge on any atom is 0.209 e. The van der Waals surface area contributed by atoms with Crippen LogP contribution in [0.15, 0.2) is 72.8 Å². The van der Waals surface area contributed by atoms with Gasteiger partial charge in [0.15, 0.2) is 23.1 Å². The van der Waals surface area contributed by atoms with Crippen LogP contribution in [0.3, 0.4) is 0 Å². The molecular formula is C39H42Cl6N4O10S2. The molecule has 4 aromatic carbocycles. The van der Waals surface area contributed by atoms with E-state index in [1.807, 2.05) is 9.80 Å². The Hall–Kier alpha value is -3.42. The Labute approximate surface area is 385 Å². The van der Waals surface area contributed by atoms with Crippen molar-refractivity contribution in [1.29, 1.82) is 0 Å². The molecule has 14 nitrogen and oxygen atoms in total. The number of ether oxygens (including phenoxy) is 4. The quantitative estimate of drug-likeness (QED) is 0.0352. The summed E-state index contributed by atoms with van der Waals surface area (Å²) in [7, 11) is -7.13. The fourth-order valence-corrected chi connectivity index (χ4v) is 7.44. The maximum atomic E-state index is 12.3. The van der Waals surface area contributed by atoms with Crippen molar-refractivity contribution >= 4 is 124 Å². The molecule has 0 aliphatic rings. The minimum absolute atomic E-state index is 0.0456. The fourth-order valence-electron chi connectivity index (χ4n) is 5.20. The molecule has 0 aliphatic carbocycles. The molecule has 0 unspecified atom stereocenters. The molecule has 0 bridgehead atoms. The molecule has 0 amide bonds. The Morgan fingerprint density at radius 3 is 1.16 bits per heavy atom. The molecule has 0 saturated heterocycles. The second-order valence-corrected chi connectivity index (χ2v) is 19.1. The first kappa shape index (κ1) is 50.2. The van der Waals surface area contributed by atoms with Gasteiger partial charge in [-0.25, -0.2) is 26.3 Å². The molecule has 0 saturated carbocycles. The molecule has 332 valence electrons. The van der Waals surface area contributed by atoms with Gasteiger partial charge in [0.25, 0.3) is 0 Å². The number of anilines is 4. The zero-order valence-corrected chi connectivity index (χ0v) is 38.9. The molecule has 0 aromatic heterocycles. The van der Waals surface area contributed by atoms with Crippen LogP contribution in [0.5, 0.6) is 23.0 Å². The zero-order chi connectivity index (χ0) is 44.7. The molecule has 0 radical (unpaired) electrons. The number of carbonyl (C=O) groups is 2. The van der Waals surface area contributed by atoms with Crippen LogP contribution in [0, 0.1) is 0 Å². The van der Waals surface area contributed by atoms with Gasteiger partial charge < -0.3 is 28.7 Å². The third-order valence-electron chi connectivity index (χ3n) is 8.08. The Balaban J connectivity index is 1.76. The van der Waals surface area contributed by atoms with Gasteiger partial charge in [0.2, 0.25) is 20.0 Å². The lowest BCUT2D eigenvalue weighted by molar-refractivity contribution is -0.120. The van der Waals surface area contributed by atoms with Crippen LogP contribution in [-0.4, -0.2) is 98.9 Å². The second kappa shape index (κ2) is 23.9. The zero-order valence-electron chi connectivity index (χ0n) is 32.8. The first-order valence-corrected chi connectivity index (χ1v) is 24.5. The maximum absolute atomic E-state index is 12.3. The first-order chi connectivity index (χ1) is 28.9. The predicted molar refractivity (Wildman–Crippen MR) is 243 cm³/mol. The van der Waals surface area contributed by atoms with Crippen molar-refractivity contribution in [3.05, 3.63) is 92.9 Å². The van der Waals surface area contributed by atoms with Crippen LogP contribution in [-0.2, 0) is 29.6 Å². The number of alkyl halides is 2. The Morgan fingerprint density at radius 1 is 0.541 bits per heavy atom. The summed E-state index contributed by atoms with van der Waals surface area (Å²) < 4.78 is 72.9. The Kier molecular flexibility index (Phi) is 19.7. The summed E-state index contributed by atoms with van der Waals surface area (Å²) in [5, 5.41) is 0.897. The van der Waals surface area contributed by atoms with Gasteiger partial charge in [0.05, 0.1) is 65.6 Å². The number of sulfonamides is 2. The summed E-state index contributed by atoms with van der Waals surface area (Å²) in [4.78, 5) is 28.3. The Bertz CT molecular complexity index is 2130. The van der Waals surface area contributed by atoms with Gasteiger partial charge in [-0.2, -0.15) is 0 Å². The standard InChI is InChI=1S/C39H42Cl6N4O10S2/c1-60(52,53)46-21-30(50)23-58-32-9-5-26(6-10-32)48(28-17-34(42)38(35(43)18-28)56-15-3-13-40)25-49(29-19-36(44)39(37(45)20-29)57-16-4-14-41)27-7-11-33(12-8-27)59-24-31(51)22-47-61(2,54)55/h5-12,17-20,46-47H,3-4,13-16,21-25H2,1-2H3. The van der Waals surface area contributed by atoms with Crippen molar-refractivity contribution in [2.75, 3.05) is 80.3 Å². The lowest BCUT2D eigenvalue weighted by Gasteiger charge is -2.34. The van der Waals surface area contributed by atoms with Gasteiger partial charge in [0, 0.05) is 34.5 Å². The molecule has 0 spiro atoms. The summed E-state index contributed by atoms with van der Waals surface area (Å²) in [6.07, 6.45) is 3.03. The van der Waals surface area contributed by atoms with Crippen molar-refractivity contribution in [1.82, 2.24) is 9.44 Å². The van der Waals surface area contributed by atoms with Gasteiger partial charge in [0.1, 0.15) is 24.7 Å². The summed E-state index contributed by atoms with van der Waals surface area (Å²) in [6.45, 7) is -0.988. The smallest absolute Gasteiger partial charge is 0.209 e. The molecule has 0 atom stereocenters. The highest BCUT2D eigenvalue weighted by molar-refractivity contribution is 7.89. The van der Waals surface area contributed by atoms with Crippen molar-refractivity contribution in [3.63, 3.8) is 0 Å². The van der Waals surface area contributed by atoms with Crippen molar-refractivity contribution < 1.29 is 45.4 Å². The van der Waals surface area contributed by atoms with Crippen LogP contribution in [0.1, 0.15) is 12.8 Å². The molecule has 4 aromatic rings. The van der Waals surface area contributed by atoms with E-state index in [0.717, 1.165) is 12.5 Å². The lowest BCUT2D eigenvalue weighted by atomic mass is 10.2. The van der Waals surface area contributed by atoms with Gasteiger partial charge in [-0.3, -0.25) is 9.59 Å². The van der Waals surface area contributed by atoms with Crippen molar-refractivity contribution in [2.45, 2.75) is 12.8 Å². The minimum atomic E-state index is -3.57. The number of ketones is 2. The van der Waals surface area contributed by atoms with E-state index in [4.69, 9.17) is 88.6 Å².